The van der Waals surface area contributed by atoms with Crippen molar-refractivity contribution in [3.05, 3.63) is 86.8 Å². The molecule has 3 rings (SSSR count). The zero-order chi connectivity index (χ0) is 18.7. The van der Waals surface area contributed by atoms with E-state index in [0.717, 1.165) is 11.1 Å². The molecule has 132 valence electrons. The van der Waals surface area contributed by atoms with E-state index in [9.17, 15) is 14.7 Å². The summed E-state index contributed by atoms with van der Waals surface area (Å²) in [5.41, 5.74) is 1.25. The first-order valence-electron chi connectivity index (χ1n) is 7.86. The number of nitrogens with zero attached hydrogens (tertiary/aromatic N) is 2. The van der Waals surface area contributed by atoms with Crippen LogP contribution in [0.4, 0.5) is 11.6 Å². The summed E-state index contributed by atoms with van der Waals surface area (Å²) in [7, 11) is 0. The van der Waals surface area contributed by atoms with Gasteiger partial charge < -0.3 is 15.0 Å². The van der Waals surface area contributed by atoms with Gasteiger partial charge in [-0.25, -0.2) is 4.79 Å². The quantitative estimate of drug-likeness (QED) is 0.716. The maximum atomic E-state index is 12.1. The Morgan fingerprint density at radius 3 is 2.62 bits per heavy atom. The highest BCUT2D eigenvalue weighted by atomic mass is 35.5. The Bertz CT molecular complexity index is 1020. The minimum Gasteiger partial charge on any atom is -0.477 e. The number of benzene rings is 2. The lowest BCUT2D eigenvalue weighted by Gasteiger charge is -2.16. The third-order valence-electron chi connectivity index (χ3n) is 3.94. The van der Waals surface area contributed by atoms with E-state index < -0.39 is 11.5 Å². The van der Waals surface area contributed by atoms with Crippen LogP contribution in [0, 0.1) is 6.92 Å². The van der Waals surface area contributed by atoms with E-state index in [1.807, 2.05) is 43.3 Å². The molecule has 26 heavy (non-hydrogen) atoms. The van der Waals surface area contributed by atoms with Gasteiger partial charge in [0, 0.05) is 16.9 Å². The van der Waals surface area contributed by atoms with Crippen molar-refractivity contribution in [2.24, 2.45) is 0 Å². The molecule has 0 radical (unpaired) electrons. The number of hydrogen-bond donors (Lipinski definition) is 2. The van der Waals surface area contributed by atoms with Gasteiger partial charge in [0.1, 0.15) is 5.56 Å². The fourth-order valence-corrected chi connectivity index (χ4v) is 2.68. The molecule has 0 atom stereocenters. The number of aromatic carboxylic acids is 1. The second-order valence-electron chi connectivity index (χ2n) is 5.74. The van der Waals surface area contributed by atoms with Crippen LogP contribution >= 0.6 is 11.6 Å². The van der Waals surface area contributed by atoms with E-state index in [-0.39, 0.29) is 11.5 Å². The molecule has 0 spiro atoms. The lowest BCUT2D eigenvalue weighted by molar-refractivity contribution is 0.0694. The predicted molar refractivity (Wildman–Crippen MR) is 100 cm³/mol. The van der Waals surface area contributed by atoms with Gasteiger partial charge in [-0.2, -0.15) is 4.98 Å². The predicted octanol–water partition coefficient (Wildman–Crippen LogP) is 3.70. The fraction of sp³-hybridized carbons (Fsp3) is 0.105. The van der Waals surface area contributed by atoms with Crippen LogP contribution in [0.15, 0.2) is 59.5 Å². The van der Waals surface area contributed by atoms with Crippen molar-refractivity contribution in [3.63, 3.8) is 0 Å². The minimum absolute atomic E-state index is 0.245. The summed E-state index contributed by atoms with van der Waals surface area (Å²) in [6.45, 7) is 2.20. The van der Waals surface area contributed by atoms with Gasteiger partial charge in [0.25, 0.3) is 5.56 Å². The number of halogens is 1. The van der Waals surface area contributed by atoms with Gasteiger partial charge in [-0.05, 0) is 30.2 Å². The zero-order valence-corrected chi connectivity index (χ0v) is 14.7. The van der Waals surface area contributed by atoms with E-state index in [0.29, 0.717) is 17.3 Å². The molecule has 0 amide bonds. The van der Waals surface area contributed by atoms with Gasteiger partial charge in [0.2, 0.25) is 5.95 Å². The van der Waals surface area contributed by atoms with E-state index in [2.05, 4.69) is 10.3 Å². The first kappa shape index (κ1) is 17.7. The monoisotopic (exact) mass is 369 g/mol. The largest absolute Gasteiger partial charge is 0.477 e. The molecule has 0 fully saturated rings. The molecule has 1 heterocycles. The summed E-state index contributed by atoms with van der Waals surface area (Å²) in [6, 6.07) is 14.8. The topological polar surface area (TPSA) is 84.2 Å². The summed E-state index contributed by atoms with van der Waals surface area (Å²) >= 11 is 6.14. The van der Waals surface area contributed by atoms with Crippen molar-refractivity contribution in [2.75, 3.05) is 5.32 Å². The SMILES string of the molecule is Cc1c(Cl)cccc1Nc1nc(=O)c(C(=O)O)cn1Cc1ccccc1. The van der Waals surface area contributed by atoms with E-state index in [4.69, 9.17) is 11.6 Å². The Labute approximate surface area is 154 Å². The first-order valence-corrected chi connectivity index (χ1v) is 8.24. The number of aromatic nitrogens is 2. The lowest BCUT2D eigenvalue weighted by Crippen LogP contribution is -2.23. The molecule has 0 aliphatic carbocycles. The van der Waals surface area contributed by atoms with Gasteiger partial charge in [-0.3, -0.25) is 4.79 Å². The summed E-state index contributed by atoms with van der Waals surface area (Å²) in [5.74, 6) is -1.07. The van der Waals surface area contributed by atoms with Gasteiger partial charge in [0.05, 0.1) is 6.54 Å². The normalized spacial score (nSPS) is 10.5. The molecular weight excluding hydrogens is 354 g/mol. The van der Waals surface area contributed by atoms with Crippen LogP contribution in [0.1, 0.15) is 21.5 Å². The summed E-state index contributed by atoms with van der Waals surface area (Å²) < 4.78 is 1.60. The molecule has 0 aliphatic heterocycles. The van der Waals surface area contributed by atoms with Crippen molar-refractivity contribution in [1.29, 1.82) is 0 Å². The Hall–Kier alpha value is -3.12. The maximum Gasteiger partial charge on any atom is 0.342 e. The second kappa shape index (κ2) is 7.41. The Balaban J connectivity index is 2.07. The van der Waals surface area contributed by atoms with Crippen molar-refractivity contribution < 1.29 is 9.90 Å². The van der Waals surface area contributed by atoms with Crippen LogP contribution in [0.2, 0.25) is 5.02 Å². The second-order valence-corrected chi connectivity index (χ2v) is 6.15. The van der Waals surface area contributed by atoms with Crippen LogP contribution in [0.25, 0.3) is 0 Å². The number of hydrogen-bond acceptors (Lipinski definition) is 4. The molecule has 7 heteroatoms. The Morgan fingerprint density at radius 1 is 1.19 bits per heavy atom. The van der Waals surface area contributed by atoms with Crippen LogP contribution in [-0.4, -0.2) is 20.6 Å². The van der Waals surface area contributed by atoms with Gasteiger partial charge in [-0.15, -0.1) is 0 Å². The molecule has 2 N–H and O–H groups in total. The van der Waals surface area contributed by atoms with Crippen LogP contribution < -0.4 is 10.9 Å². The third kappa shape index (κ3) is 3.75. The van der Waals surface area contributed by atoms with E-state index >= 15 is 0 Å². The number of anilines is 2. The fourth-order valence-electron chi connectivity index (χ4n) is 2.50. The lowest BCUT2D eigenvalue weighted by atomic mass is 10.2. The molecule has 0 bridgehead atoms. The summed E-state index contributed by atoms with van der Waals surface area (Å²) in [6.07, 6.45) is 1.30. The highest BCUT2D eigenvalue weighted by Gasteiger charge is 2.15. The summed E-state index contributed by atoms with van der Waals surface area (Å²) in [4.78, 5) is 27.3. The third-order valence-corrected chi connectivity index (χ3v) is 4.34. The van der Waals surface area contributed by atoms with Crippen LogP contribution in [0.3, 0.4) is 0 Å². The molecule has 0 aliphatic rings. The van der Waals surface area contributed by atoms with Crippen molar-refractivity contribution in [1.82, 2.24) is 9.55 Å². The van der Waals surface area contributed by atoms with E-state index in [1.54, 1.807) is 16.7 Å². The molecule has 0 saturated carbocycles. The number of nitrogens with one attached hydrogen (secondary N) is 1. The molecule has 1 aromatic heterocycles. The molecule has 6 nitrogen and oxygen atoms in total. The van der Waals surface area contributed by atoms with Gasteiger partial charge in [-0.1, -0.05) is 48.0 Å². The smallest absolute Gasteiger partial charge is 0.342 e. The molecular formula is C19H16ClN3O3. The number of carboxylic acids is 1. The Kier molecular flexibility index (Phi) is 5.04. The number of carboxylic acid groups (broad SMARTS) is 1. The van der Waals surface area contributed by atoms with E-state index in [1.165, 1.54) is 6.20 Å². The van der Waals surface area contributed by atoms with Crippen molar-refractivity contribution >= 4 is 29.2 Å². The average Bonchev–Trinajstić information content (AvgIpc) is 2.61. The maximum absolute atomic E-state index is 12.1. The summed E-state index contributed by atoms with van der Waals surface area (Å²) in [5, 5.41) is 12.9. The minimum atomic E-state index is -1.31. The molecule has 0 saturated heterocycles. The molecule has 3 aromatic rings. The average molecular weight is 370 g/mol. The standard InChI is InChI=1S/C19H16ClN3O3/c1-12-15(20)8-5-9-16(12)21-19-22-17(24)14(18(25)26)11-23(19)10-13-6-3-2-4-7-13/h2-9,11H,10H2,1H3,(H,25,26)(H,21,22,24). The van der Waals surface area contributed by atoms with Crippen molar-refractivity contribution in [3.8, 4) is 0 Å². The Morgan fingerprint density at radius 2 is 1.92 bits per heavy atom. The van der Waals surface area contributed by atoms with Crippen LogP contribution in [0.5, 0.6) is 0 Å². The molecule has 2 aromatic carbocycles. The van der Waals surface area contributed by atoms with Crippen LogP contribution in [-0.2, 0) is 6.54 Å². The van der Waals surface area contributed by atoms with Gasteiger partial charge in [0.15, 0.2) is 0 Å². The molecule has 0 unspecified atom stereocenters. The van der Waals surface area contributed by atoms with Gasteiger partial charge >= 0.3 is 5.97 Å². The highest BCUT2D eigenvalue weighted by molar-refractivity contribution is 6.31. The highest BCUT2D eigenvalue weighted by Crippen LogP contribution is 2.25. The number of carbonyl (C=O) groups is 1. The van der Waals surface area contributed by atoms with Crippen molar-refractivity contribution in [2.45, 2.75) is 13.5 Å². The number of rotatable bonds is 5. The first-order chi connectivity index (χ1) is 12.5. The zero-order valence-electron chi connectivity index (χ0n) is 13.9.